The van der Waals surface area contributed by atoms with Crippen molar-refractivity contribution in [1.29, 1.82) is 0 Å². The Balaban J connectivity index is 1.95. The SMILES string of the molecule is C[C@@H](Oc1cc(Cl)cc2nccn12)c1ccccn1. The molecule has 5 heteroatoms. The Morgan fingerprint density at radius 2 is 2.11 bits per heavy atom. The molecule has 3 aromatic heterocycles. The van der Waals surface area contributed by atoms with Crippen LogP contribution in [0.3, 0.4) is 0 Å². The molecule has 0 radical (unpaired) electrons. The number of nitrogens with zero attached hydrogens (tertiary/aromatic N) is 3. The zero-order valence-corrected chi connectivity index (χ0v) is 11.1. The summed E-state index contributed by atoms with van der Waals surface area (Å²) >= 11 is 6.06. The number of fused-ring (bicyclic) bond motifs is 1. The number of imidazole rings is 1. The van der Waals surface area contributed by atoms with Gasteiger partial charge < -0.3 is 4.74 Å². The van der Waals surface area contributed by atoms with Crippen molar-refractivity contribution in [2.24, 2.45) is 0 Å². The highest BCUT2D eigenvalue weighted by atomic mass is 35.5. The van der Waals surface area contributed by atoms with Gasteiger partial charge in [-0.15, -0.1) is 0 Å². The summed E-state index contributed by atoms with van der Waals surface area (Å²) in [7, 11) is 0. The van der Waals surface area contributed by atoms with E-state index >= 15 is 0 Å². The first kappa shape index (κ1) is 12.0. The van der Waals surface area contributed by atoms with Crippen LogP contribution in [0.4, 0.5) is 0 Å². The van der Waals surface area contributed by atoms with E-state index in [0.29, 0.717) is 10.9 Å². The minimum Gasteiger partial charge on any atom is -0.469 e. The van der Waals surface area contributed by atoms with Crippen LogP contribution in [0.2, 0.25) is 5.02 Å². The molecule has 0 amide bonds. The third kappa shape index (κ3) is 2.39. The summed E-state index contributed by atoms with van der Waals surface area (Å²) in [6.07, 6.45) is 5.14. The summed E-state index contributed by atoms with van der Waals surface area (Å²) in [4.78, 5) is 8.49. The largest absolute Gasteiger partial charge is 0.469 e. The van der Waals surface area contributed by atoms with Crippen LogP contribution >= 0.6 is 11.6 Å². The predicted octanol–water partition coefficient (Wildman–Crippen LogP) is 3.52. The van der Waals surface area contributed by atoms with Crippen molar-refractivity contribution in [2.75, 3.05) is 0 Å². The highest BCUT2D eigenvalue weighted by molar-refractivity contribution is 6.31. The highest BCUT2D eigenvalue weighted by Crippen LogP contribution is 2.25. The zero-order valence-electron chi connectivity index (χ0n) is 10.3. The molecular weight excluding hydrogens is 262 g/mol. The number of halogens is 1. The number of pyridine rings is 2. The number of hydrogen-bond acceptors (Lipinski definition) is 3. The monoisotopic (exact) mass is 273 g/mol. The van der Waals surface area contributed by atoms with Gasteiger partial charge in [-0.05, 0) is 19.1 Å². The van der Waals surface area contributed by atoms with E-state index in [1.165, 1.54) is 0 Å². The van der Waals surface area contributed by atoms with E-state index < -0.39 is 0 Å². The summed E-state index contributed by atoms with van der Waals surface area (Å²) < 4.78 is 7.78. The van der Waals surface area contributed by atoms with Gasteiger partial charge in [0.2, 0.25) is 5.88 Å². The van der Waals surface area contributed by atoms with Crippen LogP contribution < -0.4 is 4.74 Å². The lowest BCUT2D eigenvalue weighted by Crippen LogP contribution is -2.07. The van der Waals surface area contributed by atoms with E-state index in [4.69, 9.17) is 16.3 Å². The molecule has 0 fully saturated rings. The molecule has 0 aliphatic heterocycles. The fourth-order valence-electron chi connectivity index (χ4n) is 1.91. The highest BCUT2D eigenvalue weighted by Gasteiger charge is 2.11. The predicted molar refractivity (Wildman–Crippen MR) is 73.5 cm³/mol. The molecule has 3 heterocycles. The molecule has 0 aliphatic carbocycles. The fraction of sp³-hybridized carbons (Fsp3) is 0.143. The van der Waals surface area contributed by atoms with Crippen LogP contribution in [-0.2, 0) is 0 Å². The van der Waals surface area contributed by atoms with E-state index in [1.807, 2.05) is 35.7 Å². The van der Waals surface area contributed by atoms with Crippen LogP contribution in [0.25, 0.3) is 5.65 Å². The molecule has 19 heavy (non-hydrogen) atoms. The summed E-state index contributed by atoms with van der Waals surface area (Å²) in [5.41, 5.74) is 1.63. The molecule has 0 aliphatic rings. The molecule has 0 bridgehead atoms. The lowest BCUT2D eigenvalue weighted by Gasteiger charge is -2.15. The van der Waals surface area contributed by atoms with Gasteiger partial charge in [0.1, 0.15) is 11.8 Å². The summed E-state index contributed by atoms with van der Waals surface area (Å²) in [6, 6.07) is 9.31. The summed E-state index contributed by atoms with van der Waals surface area (Å²) in [5, 5.41) is 0.599. The van der Waals surface area contributed by atoms with Crippen molar-refractivity contribution in [3.63, 3.8) is 0 Å². The van der Waals surface area contributed by atoms with Crippen molar-refractivity contribution < 1.29 is 4.74 Å². The van der Waals surface area contributed by atoms with Crippen molar-refractivity contribution >= 4 is 17.2 Å². The number of rotatable bonds is 3. The summed E-state index contributed by atoms with van der Waals surface area (Å²) in [6.45, 7) is 1.95. The van der Waals surface area contributed by atoms with Crippen molar-refractivity contribution in [3.05, 3.63) is 59.6 Å². The molecule has 0 saturated heterocycles. The molecule has 0 spiro atoms. The van der Waals surface area contributed by atoms with Gasteiger partial charge in [0.05, 0.1) is 5.69 Å². The van der Waals surface area contributed by atoms with Gasteiger partial charge in [0, 0.05) is 35.7 Å². The maximum absolute atomic E-state index is 6.06. The normalized spacial score (nSPS) is 12.5. The Labute approximate surface area is 115 Å². The molecule has 0 unspecified atom stereocenters. The van der Waals surface area contributed by atoms with Crippen LogP contribution in [0.1, 0.15) is 18.7 Å². The first-order valence-electron chi connectivity index (χ1n) is 5.94. The van der Waals surface area contributed by atoms with Crippen molar-refractivity contribution in [2.45, 2.75) is 13.0 Å². The van der Waals surface area contributed by atoms with Gasteiger partial charge in [-0.3, -0.25) is 9.38 Å². The van der Waals surface area contributed by atoms with Crippen LogP contribution in [0, 0.1) is 0 Å². The average Bonchev–Trinajstić information content (AvgIpc) is 2.88. The molecular formula is C14H12ClN3O. The second-order valence-corrected chi connectivity index (χ2v) is 4.62. The Hall–Kier alpha value is -2.07. The summed E-state index contributed by atoms with van der Waals surface area (Å²) in [5.74, 6) is 0.651. The van der Waals surface area contributed by atoms with Gasteiger partial charge >= 0.3 is 0 Å². The second-order valence-electron chi connectivity index (χ2n) is 4.18. The molecule has 96 valence electrons. The molecule has 4 nitrogen and oxygen atoms in total. The quantitative estimate of drug-likeness (QED) is 0.733. The van der Waals surface area contributed by atoms with Gasteiger partial charge in [-0.2, -0.15) is 0 Å². The molecule has 3 rings (SSSR count). The topological polar surface area (TPSA) is 39.4 Å². The Morgan fingerprint density at radius 1 is 1.21 bits per heavy atom. The Kier molecular flexibility index (Phi) is 3.09. The number of aromatic nitrogens is 3. The average molecular weight is 274 g/mol. The van der Waals surface area contributed by atoms with Gasteiger partial charge in [-0.25, -0.2) is 4.98 Å². The van der Waals surface area contributed by atoms with Crippen molar-refractivity contribution in [3.8, 4) is 5.88 Å². The van der Waals surface area contributed by atoms with E-state index in [-0.39, 0.29) is 6.10 Å². The standard InChI is InChI=1S/C14H12ClN3O/c1-10(12-4-2-3-5-16-12)19-14-9-11(15)8-13-17-6-7-18(13)14/h2-10H,1H3/t10-/m1/s1. The lowest BCUT2D eigenvalue weighted by atomic mass is 10.2. The third-order valence-corrected chi connectivity index (χ3v) is 3.06. The maximum Gasteiger partial charge on any atom is 0.201 e. The molecule has 0 saturated carbocycles. The minimum atomic E-state index is -0.162. The third-order valence-electron chi connectivity index (χ3n) is 2.84. The number of ether oxygens (including phenoxy) is 1. The van der Waals surface area contributed by atoms with Crippen molar-refractivity contribution in [1.82, 2.24) is 14.4 Å². The van der Waals surface area contributed by atoms with Gasteiger partial charge in [-0.1, -0.05) is 17.7 Å². The molecule has 1 atom stereocenters. The van der Waals surface area contributed by atoms with Crippen LogP contribution in [-0.4, -0.2) is 14.4 Å². The van der Waals surface area contributed by atoms with Gasteiger partial charge in [0.15, 0.2) is 0 Å². The zero-order chi connectivity index (χ0) is 13.2. The Bertz CT molecular complexity index is 696. The van der Waals surface area contributed by atoms with Gasteiger partial charge in [0.25, 0.3) is 0 Å². The number of hydrogen-bond donors (Lipinski definition) is 0. The smallest absolute Gasteiger partial charge is 0.201 e. The fourth-order valence-corrected chi connectivity index (χ4v) is 2.10. The van der Waals surface area contributed by atoms with E-state index in [9.17, 15) is 0 Å². The first-order valence-corrected chi connectivity index (χ1v) is 6.32. The lowest BCUT2D eigenvalue weighted by molar-refractivity contribution is 0.210. The van der Waals surface area contributed by atoms with Crippen LogP contribution in [0.5, 0.6) is 5.88 Å². The van der Waals surface area contributed by atoms with E-state index in [0.717, 1.165) is 11.3 Å². The second kappa shape index (κ2) is 4.90. The Morgan fingerprint density at radius 3 is 2.89 bits per heavy atom. The molecule has 3 aromatic rings. The molecule has 0 aromatic carbocycles. The minimum absolute atomic E-state index is 0.162. The van der Waals surface area contributed by atoms with E-state index in [1.54, 1.807) is 24.5 Å². The van der Waals surface area contributed by atoms with Crippen LogP contribution in [0.15, 0.2) is 48.9 Å². The first-order chi connectivity index (χ1) is 9.24. The van der Waals surface area contributed by atoms with E-state index in [2.05, 4.69) is 9.97 Å². The molecule has 0 N–H and O–H groups in total. The maximum atomic E-state index is 6.06.